The van der Waals surface area contributed by atoms with E-state index >= 15 is 0 Å². The van der Waals surface area contributed by atoms with Gasteiger partial charge in [-0.1, -0.05) is 17.7 Å². The van der Waals surface area contributed by atoms with E-state index in [4.69, 9.17) is 4.74 Å². The van der Waals surface area contributed by atoms with Gasteiger partial charge in [0.05, 0.1) is 6.61 Å². The van der Waals surface area contributed by atoms with Crippen molar-refractivity contribution in [3.63, 3.8) is 0 Å². The lowest BCUT2D eigenvalue weighted by Gasteiger charge is -2.20. The van der Waals surface area contributed by atoms with Crippen LogP contribution >= 0.6 is 24.0 Å². The Morgan fingerprint density at radius 3 is 2.79 bits per heavy atom. The Hall–Kier alpha value is -2.03. The summed E-state index contributed by atoms with van der Waals surface area (Å²) in [7, 11) is 1.81. The molecular formula is C21H30IN5O. The number of aliphatic imine (C=N–C) groups is 1. The lowest BCUT2D eigenvalue weighted by atomic mass is 10.2. The molecule has 28 heavy (non-hydrogen) atoms. The average Bonchev–Trinajstić information content (AvgIpc) is 3.15. The zero-order chi connectivity index (χ0) is 19.1. The van der Waals surface area contributed by atoms with E-state index in [0.29, 0.717) is 25.1 Å². The number of hydrogen-bond donors (Lipinski definition) is 2. The number of benzene rings is 1. The molecule has 0 bridgehead atoms. The summed E-state index contributed by atoms with van der Waals surface area (Å²) < 4.78 is 5.46. The van der Waals surface area contributed by atoms with Crippen molar-refractivity contribution in [1.82, 2.24) is 15.6 Å². The summed E-state index contributed by atoms with van der Waals surface area (Å²) >= 11 is 0. The molecule has 0 radical (unpaired) electrons. The van der Waals surface area contributed by atoms with E-state index in [9.17, 15) is 0 Å². The number of rotatable bonds is 6. The van der Waals surface area contributed by atoms with Gasteiger partial charge in [-0.25, -0.2) is 4.98 Å². The van der Waals surface area contributed by atoms with Gasteiger partial charge in [0.15, 0.2) is 5.96 Å². The van der Waals surface area contributed by atoms with Crippen molar-refractivity contribution in [3.05, 3.63) is 53.7 Å². The van der Waals surface area contributed by atoms with Crippen LogP contribution in [0, 0.1) is 6.92 Å². The van der Waals surface area contributed by atoms with Crippen LogP contribution in [0.15, 0.2) is 47.6 Å². The van der Waals surface area contributed by atoms with E-state index in [1.54, 1.807) is 13.2 Å². The number of hydrogen-bond acceptors (Lipinski definition) is 4. The minimum atomic E-state index is 0. The summed E-state index contributed by atoms with van der Waals surface area (Å²) in [5.41, 5.74) is 3.69. The van der Waals surface area contributed by atoms with Gasteiger partial charge in [0.2, 0.25) is 5.88 Å². The molecule has 2 aromatic rings. The standard InChI is InChI=1S/C21H29N5O.HI/c1-4-27-20-13-17(9-11-23-20)14-24-21(22-3)25-18-10-12-26(15-18)19-7-5-16(2)6-8-19;/h5-9,11,13,18H,4,10,12,14-15H2,1-3H3,(H2,22,24,25);1H. The Labute approximate surface area is 184 Å². The summed E-state index contributed by atoms with van der Waals surface area (Å²) in [5, 5.41) is 6.92. The van der Waals surface area contributed by atoms with Crippen molar-refractivity contribution in [3.8, 4) is 5.88 Å². The third-order valence-corrected chi connectivity index (χ3v) is 4.70. The molecule has 1 aromatic heterocycles. The topological polar surface area (TPSA) is 61.8 Å². The number of nitrogens with one attached hydrogen (secondary N) is 2. The molecule has 6 nitrogen and oxygen atoms in total. The zero-order valence-electron chi connectivity index (χ0n) is 16.8. The summed E-state index contributed by atoms with van der Waals surface area (Å²) in [4.78, 5) is 11.0. The first-order chi connectivity index (χ1) is 13.2. The Morgan fingerprint density at radius 2 is 2.07 bits per heavy atom. The van der Waals surface area contributed by atoms with Gasteiger partial charge in [0, 0.05) is 50.7 Å². The predicted octanol–water partition coefficient (Wildman–Crippen LogP) is 3.35. The highest BCUT2D eigenvalue weighted by Crippen LogP contribution is 2.20. The summed E-state index contributed by atoms with van der Waals surface area (Å²) in [6, 6.07) is 13.1. The molecule has 1 atom stereocenters. The number of ether oxygens (including phenoxy) is 1. The SMILES string of the molecule is CCOc1cc(CNC(=NC)NC2CCN(c3ccc(C)cc3)C2)ccn1.I. The maximum absolute atomic E-state index is 5.46. The van der Waals surface area contributed by atoms with Gasteiger partial charge < -0.3 is 20.3 Å². The molecule has 1 saturated heterocycles. The molecule has 0 aliphatic carbocycles. The molecular weight excluding hydrogens is 465 g/mol. The third kappa shape index (κ3) is 6.25. The Balaban J connectivity index is 0.00000280. The van der Waals surface area contributed by atoms with E-state index in [-0.39, 0.29) is 24.0 Å². The molecule has 1 aliphatic heterocycles. The van der Waals surface area contributed by atoms with Crippen LogP contribution in [0.1, 0.15) is 24.5 Å². The first-order valence-corrected chi connectivity index (χ1v) is 9.54. The van der Waals surface area contributed by atoms with Crippen LogP contribution in [0.25, 0.3) is 0 Å². The summed E-state index contributed by atoms with van der Waals surface area (Å²) in [6.07, 6.45) is 2.87. The molecule has 1 fully saturated rings. The van der Waals surface area contributed by atoms with E-state index in [0.717, 1.165) is 31.0 Å². The van der Waals surface area contributed by atoms with Gasteiger partial charge in [-0.2, -0.15) is 0 Å². The van der Waals surface area contributed by atoms with E-state index in [1.165, 1.54) is 11.3 Å². The van der Waals surface area contributed by atoms with Crippen LogP contribution in [0.2, 0.25) is 0 Å². The molecule has 2 heterocycles. The number of pyridine rings is 1. The Bertz CT molecular complexity index is 766. The highest BCUT2D eigenvalue weighted by molar-refractivity contribution is 14.0. The molecule has 2 N–H and O–H groups in total. The summed E-state index contributed by atoms with van der Waals surface area (Å²) in [6.45, 7) is 7.41. The Morgan fingerprint density at radius 1 is 1.29 bits per heavy atom. The number of halogens is 1. The van der Waals surface area contributed by atoms with Gasteiger partial charge in [-0.15, -0.1) is 24.0 Å². The van der Waals surface area contributed by atoms with Crippen molar-refractivity contribution >= 4 is 35.6 Å². The maximum Gasteiger partial charge on any atom is 0.213 e. The lowest BCUT2D eigenvalue weighted by molar-refractivity contribution is 0.326. The number of aromatic nitrogens is 1. The number of aryl methyl sites for hydroxylation is 1. The fourth-order valence-electron chi connectivity index (χ4n) is 3.23. The fourth-order valence-corrected chi connectivity index (χ4v) is 3.23. The van der Waals surface area contributed by atoms with Gasteiger partial charge in [-0.05, 0) is 44.0 Å². The van der Waals surface area contributed by atoms with Crippen molar-refractivity contribution in [2.45, 2.75) is 32.9 Å². The van der Waals surface area contributed by atoms with Crippen LogP contribution in [0.5, 0.6) is 5.88 Å². The minimum Gasteiger partial charge on any atom is -0.478 e. The van der Waals surface area contributed by atoms with Crippen molar-refractivity contribution in [2.75, 3.05) is 31.6 Å². The highest BCUT2D eigenvalue weighted by atomic mass is 127. The molecule has 3 rings (SSSR count). The van der Waals surface area contributed by atoms with Crippen molar-refractivity contribution < 1.29 is 4.74 Å². The van der Waals surface area contributed by atoms with Crippen LogP contribution < -0.4 is 20.3 Å². The van der Waals surface area contributed by atoms with E-state index < -0.39 is 0 Å². The van der Waals surface area contributed by atoms with Crippen molar-refractivity contribution in [1.29, 1.82) is 0 Å². The monoisotopic (exact) mass is 495 g/mol. The number of anilines is 1. The van der Waals surface area contributed by atoms with Gasteiger partial charge in [-0.3, -0.25) is 4.99 Å². The predicted molar refractivity (Wildman–Crippen MR) is 126 cm³/mol. The normalized spacial score (nSPS) is 16.5. The minimum absolute atomic E-state index is 0. The highest BCUT2D eigenvalue weighted by Gasteiger charge is 2.23. The molecule has 0 amide bonds. The molecule has 1 aromatic carbocycles. The van der Waals surface area contributed by atoms with Gasteiger partial charge >= 0.3 is 0 Å². The molecule has 7 heteroatoms. The zero-order valence-corrected chi connectivity index (χ0v) is 19.1. The van der Waals surface area contributed by atoms with Crippen LogP contribution in [-0.2, 0) is 6.54 Å². The van der Waals surface area contributed by atoms with Gasteiger partial charge in [0.25, 0.3) is 0 Å². The number of nitrogens with zero attached hydrogens (tertiary/aromatic N) is 3. The van der Waals surface area contributed by atoms with Crippen LogP contribution in [0.3, 0.4) is 0 Å². The fraction of sp³-hybridized carbons (Fsp3) is 0.429. The van der Waals surface area contributed by atoms with Gasteiger partial charge in [0.1, 0.15) is 0 Å². The molecule has 0 spiro atoms. The second kappa shape index (κ2) is 11.1. The first-order valence-electron chi connectivity index (χ1n) is 9.54. The maximum atomic E-state index is 5.46. The average molecular weight is 495 g/mol. The molecule has 152 valence electrons. The Kier molecular flexibility index (Phi) is 8.82. The van der Waals surface area contributed by atoms with E-state index in [1.807, 2.05) is 19.1 Å². The molecule has 1 unspecified atom stereocenters. The smallest absolute Gasteiger partial charge is 0.213 e. The van der Waals surface area contributed by atoms with Crippen LogP contribution in [0.4, 0.5) is 5.69 Å². The second-order valence-corrected chi connectivity index (χ2v) is 6.77. The van der Waals surface area contributed by atoms with Crippen LogP contribution in [-0.4, -0.2) is 43.7 Å². The van der Waals surface area contributed by atoms with Crippen molar-refractivity contribution in [2.24, 2.45) is 4.99 Å². The molecule has 1 aliphatic rings. The quantitative estimate of drug-likeness (QED) is 0.366. The first kappa shape index (κ1) is 22.3. The van der Waals surface area contributed by atoms with E-state index in [2.05, 4.69) is 56.7 Å². The number of guanidine groups is 1. The lowest BCUT2D eigenvalue weighted by Crippen LogP contribution is -2.44. The third-order valence-electron chi connectivity index (χ3n) is 4.70. The largest absolute Gasteiger partial charge is 0.478 e. The molecule has 0 saturated carbocycles. The second-order valence-electron chi connectivity index (χ2n) is 6.77. The summed E-state index contributed by atoms with van der Waals surface area (Å²) in [5.74, 6) is 1.48.